The van der Waals surface area contributed by atoms with Gasteiger partial charge in [-0.05, 0) is 61.4 Å². The summed E-state index contributed by atoms with van der Waals surface area (Å²) in [6.07, 6.45) is -1.02. The molecule has 1 unspecified atom stereocenters. The van der Waals surface area contributed by atoms with Gasteiger partial charge in [0.25, 0.3) is 0 Å². The van der Waals surface area contributed by atoms with Gasteiger partial charge in [0, 0.05) is 11.0 Å². The third kappa shape index (κ3) is 5.79. The van der Waals surface area contributed by atoms with E-state index in [-0.39, 0.29) is 11.4 Å². The van der Waals surface area contributed by atoms with Crippen LogP contribution < -0.4 is 9.47 Å². The first kappa shape index (κ1) is 24.2. The molecule has 0 bridgehead atoms. The summed E-state index contributed by atoms with van der Waals surface area (Å²) in [6, 6.07) is 30.3. The summed E-state index contributed by atoms with van der Waals surface area (Å²) in [5, 5.41) is 10.4. The van der Waals surface area contributed by atoms with Gasteiger partial charge >= 0.3 is 5.97 Å². The van der Waals surface area contributed by atoms with Gasteiger partial charge in [0.05, 0.1) is 5.56 Å². The van der Waals surface area contributed by atoms with Crippen molar-refractivity contribution in [1.82, 2.24) is 0 Å². The van der Waals surface area contributed by atoms with E-state index in [0.29, 0.717) is 22.6 Å². The van der Waals surface area contributed by atoms with Crippen molar-refractivity contribution in [1.29, 1.82) is 0 Å². The largest absolute Gasteiger partial charge is 0.461 e. The van der Waals surface area contributed by atoms with Gasteiger partial charge in [-0.1, -0.05) is 85.6 Å². The molecule has 0 aliphatic carbocycles. The number of esters is 1. The molecule has 35 heavy (non-hydrogen) atoms. The molecule has 0 aliphatic rings. The predicted molar refractivity (Wildman–Crippen MR) is 138 cm³/mol. The molecule has 0 amide bonds. The number of rotatable bonds is 7. The number of ether oxygens (including phenoxy) is 2. The highest BCUT2D eigenvalue weighted by atomic mass is 16.6. The zero-order chi connectivity index (χ0) is 25.0. The quantitative estimate of drug-likeness (QED) is 0.182. The van der Waals surface area contributed by atoms with E-state index in [4.69, 9.17) is 9.47 Å². The average Bonchev–Trinajstić information content (AvgIpc) is 2.85. The molecule has 4 aromatic rings. The number of aliphatic hydroxyl groups excluding tert-OH is 1. The molecule has 4 heteroatoms. The number of aliphatic hydroxyl groups is 1. The van der Waals surface area contributed by atoms with Crippen molar-refractivity contribution < 1.29 is 19.4 Å². The van der Waals surface area contributed by atoms with Crippen LogP contribution in [-0.4, -0.2) is 11.1 Å². The molecule has 0 aromatic heterocycles. The fourth-order valence-electron chi connectivity index (χ4n) is 3.84. The summed E-state index contributed by atoms with van der Waals surface area (Å²) in [6.45, 7) is 8.25. The van der Waals surface area contributed by atoms with Crippen LogP contribution in [0.25, 0.3) is 0 Å². The topological polar surface area (TPSA) is 55.8 Å². The number of carbonyl (C=O) groups is 1. The Morgan fingerprint density at radius 3 is 1.66 bits per heavy atom. The van der Waals surface area contributed by atoms with Crippen molar-refractivity contribution >= 4 is 5.97 Å². The van der Waals surface area contributed by atoms with E-state index in [1.165, 1.54) is 0 Å². The molecule has 0 spiro atoms. The van der Waals surface area contributed by atoms with Gasteiger partial charge in [0.15, 0.2) is 0 Å². The highest BCUT2D eigenvalue weighted by Gasteiger charge is 2.23. The van der Waals surface area contributed by atoms with E-state index in [9.17, 15) is 9.90 Å². The van der Waals surface area contributed by atoms with Crippen LogP contribution in [0.15, 0.2) is 97.1 Å². The fourth-order valence-corrected chi connectivity index (χ4v) is 3.84. The molecule has 0 fully saturated rings. The summed E-state index contributed by atoms with van der Waals surface area (Å²) in [5.41, 5.74) is 5.35. The van der Waals surface area contributed by atoms with Gasteiger partial charge in [-0.15, -0.1) is 0 Å². The van der Waals surface area contributed by atoms with Crippen molar-refractivity contribution in [2.45, 2.75) is 39.4 Å². The van der Waals surface area contributed by atoms with Crippen LogP contribution in [0.1, 0.15) is 58.3 Å². The third-order valence-electron chi connectivity index (χ3n) is 6.26. The summed E-state index contributed by atoms with van der Waals surface area (Å²) >= 11 is 0. The maximum atomic E-state index is 12.4. The number of hydrogen-bond donors (Lipinski definition) is 1. The summed E-state index contributed by atoms with van der Waals surface area (Å²) in [7, 11) is 0. The minimum absolute atomic E-state index is 0.284. The molecule has 4 rings (SSSR count). The number of carbonyl (C=O) groups excluding carboxylic acids is 1. The standard InChI is InChI=1S/C31H30O4/c1-21-5-9-23(10-6-21)29(32)34-27-17-13-25(14-18-27)31(3,4)26-15-19-28(20-16-26)35-30(33)24-11-7-22(2)8-12-24/h5-20,29,32H,1-4H3. The van der Waals surface area contributed by atoms with Gasteiger partial charge < -0.3 is 14.6 Å². The SMILES string of the molecule is Cc1ccc(C(=O)Oc2ccc(C(C)(C)c3ccc(OC(O)c4ccc(C)cc4)cc3)cc2)cc1. The van der Waals surface area contributed by atoms with Gasteiger partial charge in [0.1, 0.15) is 11.5 Å². The first-order chi connectivity index (χ1) is 16.7. The molecular weight excluding hydrogens is 436 g/mol. The van der Waals surface area contributed by atoms with Crippen LogP contribution in [0.5, 0.6) is 11.5 Å². The van der Waals surface area contributed by atoms with Gasteiger partial charge in [-0.3, -0.25) is 0 Å². The molecule has 0 radical (unpaired) electrons. The van der Waals surface area contributed by atoms with Crippen LogP contribution in [0.3, 0.4) is 0 Å². The van der Waals surface area contributed by atoms with E-state index < -0.39 is 6.29 Å². The van der Waals surface area contributed by atoms with Crippen molar-refractivity contribution in [3.05, 3.63) is 130 Å². The Morgan fingerprint density at radius 1 is 0.686 bits per heavy atom. The Kier molecular flexibility index (Phi) is 7.04. The van der Waals surface area contributed by atoms with Gasteiger partial charge in [0.2, 0.25) is 6.29 Å². The number of hydrogen-bond acceptors (Lipinski definition) is 4. The Morgan fingerprint density at radius 2 is 1.14 bits per heavy atom. The molecular formula is C31H30O4. The Labute approximate surface area is 206 Å². The van der Waals surface area contributed by atoms with Crippen LogP contribution in [0.2, 0.25) is 0 Å². The molecule has 0 aliphatic heterocycles. The van der Waals surface area contributed by atoms with Crippen LogP contribution in [0, 0.1) is 13.8 Å². The van der Waals surface area contributed by atoms with Crippen molar-refractivity contribution in [3.63, 3.8) is 0 Å². The molecule has 0 saturated carbocycles. The highest BCUT2D eigenvalue weighted by Crippen LogP contribution is 2.34. The Bertz CT molecular complexity index is 1270. The van der Waals surface area contributed by atoms with E-state index >= 15 is 0 Å². The lowest BCUT2D eigenvalue weighted by Crippen LogP contribution is -2.19. The first-order valence-corrected chi connectivity index (χ1v) is 11.6. The lowest BCUT2D eigenvalue weighted by atomic mass is 9.78. The second-order valence-electron chi connectivity index (χ2n) is 9.31. The zero-order valence-electron chi connectivity index (χ0n) is 20.5. The second-order valence-corrected chi connectivity index (χ2v) is 9.31. The van der Waals surface area contributed by atoms with Crippen molar-refractivity contribution in [2.75, 3.05) is 0 Å². The lowest BCUT2D eigenvalue weighted by molar-refractivity contribution is -0.0194. The fraction of sp³-hybridized carbons (Fsp3) is 0.194. The zero-order valence-corrected chi connectivity index (χ0v) is 20.5. The van der Waals surface area contributed by atoms with Crippen LogP contribution in [0.4, 0.5) is 0 Å². The molecule has 1 N–H and O–H groups in total. The van der Waals surface area contributed by atoms with E-state index in [1.807, 2.05) is 98.8 Å². The number of benzene rings is 4. The minimum atomic E-state index is -1.02. The molecule has 4 aromatic carbocycles. The van der Waals surface area contributed by atoms with Crippen LogP contribution in [-0.2, 0) is 5.41 Å². The van der Waals surface area contributed by atoms with E-state index in [0.717, 1.165) is 22.3 Å². The molecule has 4 nitrogen and oxygen atoms in total. The van der Waals surface area contributed by atoms with Gasteiger partial charge in [-0.2, -0.15) is 0 Å². The Balaban J connectivity index is 1.42. The predicted octanol–water partition coefficient (Wildman–Crippen LogP) is 6.92. The lowest BCUT2D eigenvalue weighted by Gasteiger charge is -2.26. The van der Waals surface area contributed by atoms with E-state index in [1.54, 1.807) is 12.1 Å². The molecule has 0 saturated heterocycles. The average molecular weight is 467 g/mol. The smallest absolute Gasteiger partial charge is 0.343 e. The molecule has 178 valence electrons. The Hall–Kier alpha value is -3.89. The summed E-state index contributed by atoms with van der Waals surface area (Å²) in [4.78, 5) is 12.4. The highest BCUT2D eigenvalue weighted by molar-refractivity contribution is 5.91. The van der Waals surface area contributed by atoms with Crippen molar-refractivity contribution in [2.24, 2.45) is 0 Å². The first-order valence-electron chi connectivity index (χ1n) is 11.6. The second kappa shape index (κ2) is 10.2. The normalized spacial score (nSPS) is 12.1. The van der Waals surface area contributed by atoms with Gasteiger partial charge in [-0.25, -0.2) is 4.79 Å². The molecule has 0 heterocycles. The summed E-state index contributed by atoms with van der Waals surface area (Å²) < 4.78 is 11.2. The van der Waals surface area contributed by atoms with E-state index in [2.05, 4.69) is 13.8 Å². The summed E-state index contributed by atoms with van der Waals surface area (Å²) in [5.74, 6) is 0.723. The maximum absolute atomic E-state index is 12.4. The monoisotopic (exact) mass is 466 g/mol. The minimum Gasteiger partial charge on any atom is -0.461 e. The number of aryl methyl sites for hydroxylation is 2. The van der Waals surface area contributed by atoms with Crippen LogP contribution >= 0.6 is 0 Å². The molecule has 1 atom stereocenters. The third-order valence-corrected chi connectivity index (χ3v) is 6.26. The maximum Gasteiger partial charge on any atom is 0.343 e. The van der Waals surface area contributed by atoms with Crippen molar-refractivity contribution in [3.8, 4) is 11.5 Å².